The molecule has 22 atom stereocenters. The van der Waals surface area contributed by atoms with Gasteiger partial charge >= 0.3 is 17.9 Å². The van der Waals surface area contributed by atoms with Crippen LogP contribution in [0.2, 0.25) is 0 Å². The zero-order valence-electron chi connectivity index (χ0n) is 39.4. The number of fused-ring (bicyclic) bond motifs is 7. The number of carbonyl (C=O) groups excluding carboxylic acids is 1. The summed E-state index contributed by atoms with van der Waals surface area (Å²) in [5, 5.41) is 127. The van der Waals surface area contributed by atoms with E-state index in [1.54, 1.807) is 0 Å². The van der Waals surface area contributed by atoms with Crippen LogP contribution >= 0.6 is 0 Å². The smallest absolute Gasteiger partial charge is 0.357 e. The van der Waals surface area contributed by atoms with Crippen LogP contribution < -0.4 is 0 Å². The molecule has 67 heavy (non-hydrogen) atoms. The monoisotopic (exact) mass is 958 g/mol. The summed E-state index contributed by atoms with van der Waals surface area (Å²) in [5.74, 6) is -5.42. The van der Waals surface area contributed by atoms with Crippen LogP contribution in [0, 0.1) is 50.2 Å². The van der Waals surface area contributed by atoms with Gasteiger partial charge in [-0.25, -0.2) is 4.79 Å². The minimum atomic E-state index is -3.01. The maximum absolute atomic E-state index is 14.7. The third-order valence-corrected chi connectivity index (χ3v) is 19.2. The number of carbonyl (C=O) groups is 2. The fourth-order valence-corrected chi connectivity index (χ4v) is 14.9. The Balaban J connectivity index is 1.02. The Hall–Kier alpha value is -1.96. The van der Waals surface area contributed by atoms with Crippen LogP contribution in [0.15, 0.2) is 11.6 Å². The number of ether oxygens (including phenoxy) is 6. The fourth-order valence-electron chi connectivity index (χ4n) is 14.9. The number of aliphatic hydroxyl groups excluding tert-OH is 9. The van der Waals surface area contributed by atoms with Crippen molar-refractivity contribution in [3.05, 3.63) is 11.6 Å². The van der Waals surface area contributed by atoms with Crippen LogP contribution in [-0.4, -0.2) is 178 Å². The van der Waals surface area contributed by atoms with Gasteiger partial charge in [0, 0.05) is 0 Å². The quantitative estimate of drug-likeness (QED) is 0.0601. The zero-order chi connectivity index (χ0) is 49.4. The van der Waals surface area contributed by atoms with Gasteiger partial charge in [-0.2, -0.15) is 0 Å². The molecule has 0 aromatic heterocycles. The first-order valence-electron chi connectivity index (χ1n) is 23.9. The number of aliphatic carboxylic acids is 1. The van der Waals surface area contributed by atoms with Gasteiger partial charge in [0.1, 0.15) is 42.7 Å². The predicted molar refractivity (Wildman–Crippen MR) is 227 cm³/mol. The van der Waals surface area contributed by atoms with Crippen LogP contribution in [0.4, 0.5) is 0 Å². The highest BCUT2D eigenvalue weighted by Crippen LogP contribution is 2.76. The van der Waals surface area contributed by atoms with Gasteiger partial charge in [0.05, 0.1) is 24.7 Å². The maximum atomic E-state index is 14.7. The zero-order valence-corrected chi connectivity index (χ0v) is 39.4. The third-order valence-electron chi connectivity index (χ3n) is 19.2. The highest BCUT2D eigenvalue weighted by Gasteiger charge is 2.71. The molecule has 9 unspecified atom stereocenters. The number of rotatable bonds is 9. The second-order valence-corrected chi connectivity index (χ2v) is 23.4. The summed E-state index contributed by atoms with van der Waals surface area (Å²) in [4.78, 5) is 27.3. The largest absolute Gasteiger partial charge is 0.479 e. The van der Waals surface area contributed by atoms with Crippen LogP contribution in [0.25, 0.3) is 0 Å². The average molecular weight is 959 g/mol. The molecule has 4 saturated carbocycles. The molecule has 20 heteroatoms. The number of carboxylic acid groups (broad SMARTS) is 1. The predicted octanol–water partition coefficient (Wildman–Crippen LogP) is -0.488. The van der Waals surface area contributed by atoms with Crippen LogP contribution in [0.5, 0.6) is 0 Å². The minimum absolute atomic E-state index is 0.0754. The summed E-state index contributed by atoms with van der Waals surface area (Å²) < 4.78 is 34.0. The molecule has 3 aliphatic heterocycles. The summed E-state index contributed by atoms with van der Waals surface area (Å²) in [5.41, 5.74) is -4.07. The van der Waals surface area contributed by atoms with Gasteiger partial charge < -0.3 is 89.7 Å². The molecule has 0 amide bonds. The normalized spacial score (nSPS) is 53.6. The third kappa shape index (κ3) is 7.60. The van der Waals surface area contributed by atoms with Crippen molar-refractivity contribution < 1.29 is 99.3 Å². The number of hydrogen-bond acceptors (Lipinski definition) is 19. The summed E-state index contributed by atoms with van der Waals surface area (Å²) in [6.45, 7) is 13.6. The first-order chi connectivity index (χ1) is 31.0. The Kier molecular flexibility index (Phi) is 13.1. The van der Waals surface area contributed by atoms with Crippen molar-refractivity contribution in [1.29, 1.82) is 0 Å². The standard InChI is InChI=1S/C47H74O20/c1-40(2)14-16-45(38(59)67-47(61)33(54)29(52)27(50)23(19-48)66-47)17-15-43(6)21(22(45)18-40)8-9-25-42(5)12-11-26(41(3,4)24(42)10-13-44(25,43)7)62-37-30(53)28(51)31(32(63-37)35(56)57)64-39-46(60,20-49)34(55)36(58)65-39/h8,22-34,36-37,39,48-55,58,60-61H,9-20H2,1-7H3,(H,56,57)/t22-,23?,24?,25?,26-,27+,28?,29?,30-,31-,32?,33-,34-,36?,37+,39?,42-,43+,44+,45-,46?,47+/m0/s1. The van der Waals surface area contributed by atoms with Crippen molar-refractivity contribution in [1.82, 2.24) is 0 Å². The van der Waals surface area contributed by atoms with E-state index in [1.165, 1.54) is 5.57 Å². The highest BCUT2D eigenvalue weighted by atomic mass is 16.8. The van der Waals surface area contributed by atoms with Gasteiger partial charge in [0.15, 0.2) is 36.7 Å². The molecule has 8 rings (SSSR count). The Bertz CT molecular complexity index is 1930. The van der Waals surface area contributed by atoms with Gasteiger partial charge in [-0.3, -0.25) is 4.79 Å². The van der Waals surface area contributed by atoms with Gasteiger partial charge in [-0.15, -0.1) is 0 Å². The Morgan fingerprint density at radius 1 is 0.761 bits per heavy atom. The molecule has 0 spiro atoms. The summed E-state index contributed by atoms with van der Waals surface area (Å²) in [6, 6.07) is 0. The molecule has 8 aliphatic rings. The SMILES string of the molecule is CC1(C)CC[C@]2(C(=O)O[C@]3(O)OC(CO)[C@@H](O)C(O)[C@@H]3O)CC[C@]3(C)C(=CCC4[C@@]5(C)CC[C@H](O[C@@H]6OC(C(=O)O)[C@@H](OC7OC(O)[C@H](O)C7(O)CO)C(O)[C@@H]6O)C(C)(C)C5CC[C@]43C)[C@@H]2C1. The van der Waals surface area contributed by atoms with E-state index in [9.17, 15) is 70.9 Å². The highest BCUT2D eigenvalue weighted by molar-refractivity contribution is 5.79. The van der Waals surface area contributed by atoms with Gasteiger partial charge in [-0.05, 0) is 109 Å². The second kappa shape index (κ2) is 17.1. The number of hydrogen-bond donors (Lipinski definition) is 12. The molecular weight excluding hydrogens is 884 g/mol. The van der Waals surface area contributed by atoms with Gasteiger partial charge in [0.2, 0.25) is 0 Å². The lowest BCUT2D eigenvalue weighted by atomic mass is 9.33. The molecule has 0 aromatic carbocycles. The lowest BCUT2D eigenvalue weighted by Gasteiger charge is -2.71. The molecule has 3 saturated heterocycles. The Morgan fingerprint density at radius 3 is 2.07 bits per heavy atom. The lowest BCUT2D eigenvalue weighted by molar-refractivity contribution is -0.436. The summed E-state index contributed by atoms with van der Waals surface area (Å²) >= 11 is 0. The van der Waals surface area contributed by atoms with Crippen LogP contribution in [0.1, 0.15) is 113 Å². The molecular formula is C47H74O20. The van der Waals surface area contributed by atoms with E-state index in [0.717, 1.165) is 12.8 Å². The van der Waals surface area contributed by atoms with Crippen molar-refractivity contribution in [2.75, 3.05) is 13.2 Å². The number of aliphatic hydroxyl groups is 11. The van der Waals surface area contributed by atoms with E-state index in [-0.39, 0.29) is 39.4 Å². The van der Waals surface area contributed by atoms with Crippen LogP contribution in [-0.2, 0) is 38.0 Å². The maximum Gasteiger partial charge on any atom is 0.357 e. The molecule has 12 N–H and O–H groups in total. The van der Waals surface area contributed by atoms with Gasteiger partial charge in [-0.1, -0.05) is 60.1 Å². The molecule has 0 aromatic rings. The van der Waals surface area contributed by atoms with Crippen molar-refractivity contribution in [2.45, 2.75) is 204 Å². The molecule has 0 bridgehead atoms. The fraction of sp³-hybridized carbons (Fsp3) is 0.915. The molecule has 20 nitrogen and oxygen atoms in total. The van der Waals surface area contributed by atoms with Crippen molar-refractivity contribution in [2.24, 2.45) is 50.2 Å². The van der Waals surface area contributed by atoms with E-state index in [1.807, 2.05) is 0 Å². The summed E-state index contributed by atoms with van der Waals surface area (Å²) in [6.07, 6.45) is -14.6. The second-order valence-electron chi connectivity index (χ2n) is 23.4. The van der Waals surface area contributed by atoms with Crippen molar-refractivity contribution in [3.8, 4) is 0 Å². The van der Waals surface area contributed by atoms with Gasteiger partial charge in [0.25, 0.3) is 0 Å². The Morgan fingerprint density at radius 2 is 1.43 bits per heavy atom. The van der Waals surface area contributed by atoms with E-state index in [4.69, 9.17) is 28.4 Å². The molecule has 5 aliphatic carbocycles. The Labute approximate surface area is 389 Å². The number of esters is 1. The number of carboxylic acids is 1. The topological polar surface area (TPSA) is 332 Å². The average Bonchev–Trinajstić information content (AvgIpc) is 3.47. The van der Waals surface area contributed by atoms with Crippen molar-refractivity contribution in [3.63, 3.8) is 0 Å². The summed E-state index contributed by atoms with van der Waals surface area (Å²) in [7, 11) is 0. The first-order valence-corrected chi connectivity index (χ1v) is 23.9. The minimum Gasteiger partial charge on any atom is -0.479 e. The molecule has 382 valence electrons. The van der Waals surface area contributed by atoms with Crippen molar-refractivity contribution >= 4 is 11.9 Å². The molecule has 0 radical (unpaired) electrons. The first kappa shape index (κ1) is 51.4. The molecule has 7 fully saturated rings. The van der Waals surface area contributed by atoms with E-state index < -0.39 is 127 Å². The van der Waals surface area contributed by atoms with E-state index in [0.29, 0.717) is 51.4 Å². The molecule has 3 heterocycles. The lowest BCUT2D eigenvalue weighted by Crippen LogP contribution is -2.68. The van der Waals surface area contributed by atoms with E-state index in [2.05, 4.69) is 54.5 Å². The van der Waals surface area contributed by atoms with E-state index >= 15 is 0 Å². The van der Waals surface area contributed by atoms with Crippen LogP contribution in [0.3, 0.4) is 0 Å². The number of allylic oxidation sites excluding steroid dienone is 2.